The van der Waals surface area contributed by atoms with Crippen molar-refractivity contribution < 1.29 is 5.11 Å². The van der Waals surface area contributed by atoms with Gasteiger partial charge in [-0.1, -0.05) is 38.5 Å². The highest BCUT2D eigenvalue weighted by atomic mass is 16.3. The Hall–Kier alpha value is -0.0800. The topological polar surface area (TPSA) is 32.3 Å². The van der Waals surface area contributed by atoms with Crippen LogP contribution in [0, 0.1) is 17.8 Å². The smallest absolute Gasteiger partial charge is 0.0540 e. The minimum absolute atomic E-state index is 0.000983. The van der Waals surface area contributed by atoms with Gasteiger partial charge in [0.1, 0.15) is 0 Å². The van der Waals surface area contributed by atoms with Gasteiger partial charge in [-0.15, -0.1) is 0 Å². The van der Waals surface area contributed by atoms with Gasteiger partial charge in [0, 0.05) is 6.04 Å². The zero-order valence-corrected chi connectivity index (χ0v) is 13.7. The van der Waals surface area contributed by atoms with E-state index in [9.17, 15) is 5.11 Å². The standard InChI is InChI=1S/C19H35NO/c21-18-11-9-16(10-12-18)19(15-6-2-1-3-7-15)14-17-8-4-5-13-20-17/h15-21H,1-14H2/t16?,17-,18?,19+/m0/s1. The average molecular weight is 293 g/mol. The number of hydrogen-bond donors (Lipinski definition) is 2. The third-order valence-corrected chi connectivity index (χ3v) is 6.57. The Balaban J connectivity index is 1.61. The summed E-state index contributed by atoms with van der Waals surface area (Å²) in [5.74, 6) is 2.83. The molecule has 122 valence electrons. The summed E-state index contributed by atoms with van der Waals surface area (Å²) in [6, 6.07) is 0.789. The first kappa shape index (κ1) is 15.8. The predicted molar refractivity (Wildman–Crippen MR) is 88.3 cm³/mol. The summed E-state index contributed by atoms with van der Waals surface area (Å²) in [5.41, 5.74) is 0. The SMILES string of the molecule is OC1CCC([C@H](C[C@@H]2CCCCN2)C2CCCCC2)CC1. The highest BCUT2D eigenvalue weighted by Gasteiger charge is 2.34. The molecule has 0 aromatic heterocycles. The van der Waals surface area contributed by atoms with E-state index in [1.807, 2.05) is 0 Å². The molecule has 0 aromatic rings. The van der Waals surface area contributed by atoms with Crippen molar-refractivity contribution in [3.05, 3.63) is 0 Å². The highest BCUT2D eigenvalue weighted by molar-refractivity contribution is 4.87. The fourth-order valence-corrected chi connectivity index (χ4v) is 5.32. The van der Waals surface area contributed by atoms with Crippen LogP contribution in [0.1, 0.15) is 83.5 Å². The van der Waals surface area contributed by atoms with Crippen LogP contribution in [0.2, 0.25) is 0 Å². The molecule has 1 heterocycles. The zero-order valence-electron chi connectivity index (χ0n) is 13.7. The fraction of sp³-hybridized carbons (Fsp3) is 1.00. The van der Waals surface area contributed by atoms with E-state index in [1.165, 1.54) is 77.2 Å². The molecular weight excluding hydrogens is 258 g/mol. The molecule has 2 N–H and O–H groups in total. The summed E-state index contributed by atoms with van der Waals surface area (Å²) in [6.07, 6.45) is 17.7. The van der Waals surface area contributed by atoms with Crippen LogP contribution >= 0.6 is 0 Å². The third kappa shape index (κ3) is 4.45. The number of nitrogens with one attached hydrogen (secondary N) is 1. The Bertz CT molecular complexity index is 286. The van der Waals surface area contributed by atoms with Gasteiger partial charge in [0.05, 0.1) is 6.10 Å². The second-order valence-corrected chi connectivity index (χ2v) is 8.01. The number of aliphatic hydroxyl groups excluding tert-OH is 1. The van der Waals surface area contributed by atoms with Crippen LogP contribution in [0.3, 0.4) is 0 Å². The lowest BCUT2D eigenvalue weighted by molar-refractivity contribution is 0.0597. The normalized spacial score (nSPS) is 37.3. The van der Waals surface area contributed by atoms with Crippen LogP contribution in [-0.4, -0.2) is 23.8 Å². The van der Waals surface area contributed by atoms with E-state index in [0.29, 0.717) is 0 Å². The van der Waals surface area contributed by atoms with Crippen LogP contribution in [0.4, 0.5) is 0 Å². The Morgan fingerprint density at radius 3 is 2.10 bits per heavy atom. The maximum atomic E-state index is 9.83. The molecule has 2 aliphatic carbocycles. The Morgan fingerprint density at radius 2 is 1.43 bits per heavy atom. The fourth-order valence-electron chi connectivity index (χ4n) is 5.32. The van der Waals surface area contributed by atoms with Crippen molar-refractivity contribution in [3.63, 3.8) is 0 Å². The minimum Gasteiger partial charge on any atom is -0.393 e. The summed E-state index contributed by atoms with van der Waals surface area (Å²) in [7, 11) is 0. The van der Waals surface area contributed by atoms with Crippen LogP contribution in [0.15, 0.2) is 0 Å². The van der Waals surface area contributed by atoms with E-state index in [-0.39, 0.29) is 6.10 Å². The molecule has 21 heavy (non-hydrogen) atoms. The summed E-state index contributed by atoms with van der Waals surface area (Å²) >= 11 is 0. The number of hydrogen-bond acceptors (Lipinski definition) is 2. The van der Waals surface area contributed by atoms with E-state index in [2.05, 4.69) is 5.32 Å². The van der Waals surface area contributed by atoms with Gasteiger partial charge in [0.2, 0.25) is 0 Å². The molecule has 2 atom stereocenters. The molecule has 1 saturated heterocycles. The molecule has 2 heteroatoms. The van der Waals surface area contributed by atoms with Gasteiger partial charge in [-0.3, -0.25) is 0 Å². The highest BCUT2D eigenvalue weighted by Crippen LogP contribution is 2.42. The maximum Gasteiger partial charge on any atom is 0.0540 e. The average Bonchev–Trinajstić information content (AvgIpc) is 2.55. The van der Waals surface area contributed by atoms with Crippen LogP contribution in [-0.2, 0) is 0 Å². The molecule has 3 aliphatic rings. The van der Waals surface area contributed by atoms with Crippen LogP contribution < -0.4 is 5.32 Å². The first-order chi connectivity index (χ1) is 10.3. The van der Waals surface area contributed by atoms with Gasteiger partial charge in [0.15, 0.2) is 0 Å². The summed E-state index contributed by atoms with van der Waals surface area (Å²) < 4.78 is 0. The van der Waals surface area contributed by atoms with Gasteiger partial charge in [0.25, 0.3) is 0 Å². The molecule has 0 radical (unpaired) electrons. The van der Waals surface area contributed by atoms with E-state index in [4.69, 9.17) is 0 Å². The Morgan fingerprint density at radius 1 is 0.762 bits per heavy atom. The molecule has 0 aromatic carbocycles. The van der Waals surface area contributed by atoms with Crippen molar-refractivity contribution in [3.8, 4) is 0 Å². The lowest BCUT2D eigenvalue weighted by atomic mass is 9.67. The first-order valence-electron chi connectivity index (χ1n) is 9.74. The summed E-state index contributed by atoms with van der Waals surface area (Å²) in [6.45, 7) is 1.24. The molecule has 0 amide bonds. The largest absolute Gasteiger partial charge is 0.393 e. The van der Waals surface area contributed by atoms with Crippen molar-refractivity contribution in [2.24, 2.45) is 17.8 Å². The summed E-state index contributed by atoms with van der Waals surface area (Å²) in [5, 5.41) is 13.6. The predicted octanol–water partition coefficient (Wildman–Crippen LogP) is 4.27. The van der Waals surface area contributed by atoms with E-state index in [1.54, 1.807) is 0 Å². The van der Waals surface area contributed by atoms with Crippen LogP contribution in [0.5, 0.6) is 0 Å². The lowest BCUT2D eigenvalue weighted by Gasteiger charge is -2.41. The van der Waals surface area contributed by atoms with Crippen molar-refractivity contribution >= 4 is 0 Å². The first-order valence-corrected chi connectivity index (χ1v) is 9.74. The van der Waals surface area contributed by atoms with Gasteiger partial charge in [-0.2, -0.15) is 0 Å². The summed E-state index contributed by atoms with van der Waals surface area (Å²) in [4.78, 5) is 0. The molecule has 0 spiro atoms. The van der Waals surface area contributed by atoms with E-state index >= 15 is 0 Å². The zero-order chi connectivity index (χ0) is 14.5. The molecule has 3 fully saturated rings. The van der Waals surface area contributed by atoms with Gasteiger partial charge in [-0.05, 0) is 69.2 Å². The molecule has 0 unspecified atom stereocenters. The minimum atomic E-state index is 0.000983. The number of rotatable bonds is 4. The van der Waals surface area contributed by atoms with Crippen molar-refractivity contribution in [2.75, 3.05) is 6.54 Å². The number of piperidine rings is 1. The second-order valence-electron chi connectivity index (χ2n) is 8.01. The molecule has 2 saturated carbocycles. The Kier molecular flexibility index (Phi) is 5.99. The molecule has 1 aliphatic heterocycles. The van der Waals surface area contributed by atoms with E-state index in [0.717, 1.165) is 36.6 Å². The quantitative estimate of drug-likeness (QED) is 0.811. The van der Waals surface area contributed by atoms with Crippen molar-refractivity contribution in [1.82, 2.24) is 5.32 Å². The van der Waals surface area contributed by atoms with Crippen molar-refractivity contribution in [1.29, 1.82) is 0 Å². The molecule has 2 nitrogen and oxygen atoms in total. The molecule has 3 rings (SSSR count). The second kappa shape index (κ2) is 7.97. The third-order valence-electron chi connectivity index (χ3n) is 6.57. The lowest BCUT2D eigenvalue weighted by Crippen LogP contribution is -2.39. The molecule has 0 bridgehead atoms. The van der Waals surface area contributed by atoms with Gasteiger partial charge in [-0.25, -0.2) is 0 Å². The van der Waals surface area contributed by atoms with Crippen LogP contribution in [0.25, 0.3) is 0 Å². The van der Waals surface area contributed by atoms with Gasteiger partial charge < -0.3 is 10.4 Å². The van der Waals surface area contributed by atoms with Crippen molar-refractivity contribution in [2.45, 2.75) is 95.6 Å². The number of aliphatic hydroxyl groups is 1. The Labute approximate surface area is 131 Å². The van der Waals surface area contributed by atoms with Gasteiger partial charge >= 0.3 is 0 Å². The monoisotopic (exact) mass is 293 g/mol. The molecular formula is C19H35NO. The maximum absolute atomic E-state index is 9.83. The van der Waals surface area contributed by atoms with E-state index < -0.39 is 0 Å².